The Morgan fingerprint density at radius 1 is 1.38 bits per heavy atom. The second-order valence-electron chi connectivity index (χ2n) is 6.67. The number of amides is 1. The number of nitrogens with one attached hydrogen (secondary N) is 1. The number of hydrogen-bond donors (Lipinski definition) is 1. The molecule has 0 bridgehead atoms. The van der Waals surface area contributed by atoms with Crippen LogP contribution in [0.25, 0.3) is 0 Å². The Balaban J connectivity index is 2.05. The lowest BCUT2D eigenvalue weighted by Crippen LogP contribution is -2.30. The number of halogens is 1. The Kier molecular flexibility index (Phi) is 5.04. The number of allylic oxidation sites excluding steroid dienone is 2. The number of carbonyl (C=O) groups excluding carboxylic acids is 1. The maximum atomic E-state index is 12.3. The molecule has 2 rings (SSSR count). The van der Waals surface area contributed by atoms with Crippen molar-refractivity contribution in [2.45, 2.75) is 45.4 Å². The first-order valence-corrected chi connectivity index (χ1v) is 7.85. The highest BCUT2D eigenvalue weighted by molar-refractivity contribution is 6.29. The van der Waals surface area contributed by atoms with Gasteiger partial charge < -0.3 is 5.32 Å². The van der Waals surface area contributed by atoms with E-state index in [0.717, 1.165) is 25.0 Å². The molecule has 21 heavy (non-hydrogen) atoms. The molecule has 1 aliphatic rings. The van der Waals surface area contributed by atoms with Gasteiger partial charge in [0.1, 0.15) is 5.15 Å². The molecule has 1 N–H and O–H groups in total. The molecule has 1 aromatic heterocycles. The molecule has 1 aliphatic carbocycles. The van der Waals surface area contributed by atoms with Crippen molar-refractivity contribution in [3.8, 4) is 0 Å². The van der Waals surface area contributed by atoms with Gasteiger partial charge in [0.15, 0.2) is 0 Å². The summed E-state index contributed by atoms with van der Waals surface area (Å²) in [6.45, 7) is 6.89. The molecular weight excluding hydrogens is 284 g/mol. The van der Waals surface area contributed by atoms with Crippen molar-refractivity contribution < 1.29 is 4.79 Å². The van der Waals surface area contributed by atoms with Crippen LogP contribution in [0, 0.1) is 5.92 Å². The van der Waals surface area contributed by atoms with E-state index in [1.54, 1.807) is 6.07 Å². The molecule has 1 unspecified atom stereocenters. The van der Waals surface area contributed by atoms with Gasteiger partial charge in [-0.25, -0.2) is 4.98 Å². The molecule has 1 atom stereocenters. The van der Waals surface area contributed by atoms with Crippen molar-refractivity contribution >= 4 is 17.5 Å². The van der Waals surface area contributed by atoms with Crippen LogP contribution in [0.1, 0.15) is 56.1 Å². The van der Waals surface area contributed by atoms with Crippen molar-refractivity contribution in [2.24, 2.45) is 5.92 Å². The summed E-state index contributed by atoms with van der Waals surface area (Å²) >= 11 is 6.05. The maximum absolute atomic E-state index is 12.3. The van der Waals surface area contributed by atoms with Crippen LogP contribution >= 0.6 is 11.6 Å². The molecule has 1 heterocycles. The summed E-state index contributed by atoms with van der Waals surface area (Å²) in [7, 11) is 0. The predicted octanol–water partition coefficient (Wildman–Crippen LogP) is 4.12. The van der Waals surface area contributed by atoms with E-state index in [9.17, 15) is 4.79 Å². The predicted molar refractivity (Wildman–Crippen MR) is 86.8 cm³/mol. The quantitative estimate of drug-likeness (QED) is 0.674. The molecule has 1 amide bonds. The number of pyridine rings is 1. The number of aromatic nitrogens is 1. The minimum absolute atomic E-state index is 0.0700. The number of nitrogens with zero attached hydrogens (tertiary/aromatic N) is 1. The highest BCUT2D eigenvalue weighted by atomic mass is 35.5. The monoisotopic (exact) mass is 306 g/mol. The molecule has 4 heteroatoms. The van der Waals surface area contributed by atoms with Crippen LogP contribution < -0.4 is 5.32 Å². The Hall–Kier alpha value is -1.35. The molecule has 0 radical (unpaired) electrons. The minimum Gasteiger partial charge on any atom is -0.352 e. The fraction of sp³-hybridized carbons (Fsp3) is 0.529. The third kappa shape index (κ3) is 4.57. The van der Waals surface area contributed by atoms with Gasteiger partial charge in [0.2, 0.25) is 0 Å². The lowest BCUT2D eigenvalue weighted by atomic mass is 9.90. The van der Waals surface area contributed by atoms with Crippen LogP contribution in [0.2, 0.25) is 5.15 Å². The first-order valence-electron chi connectivity index (χ1n) is 7.47. The zero-order valence-corrected chi connectivity index (χ0v) is 13.7. The molecule has 0 saturated heterocycles. The third-order valence-corrected chi connectivity index (χ3v) is 3.95. The van der Waals surface area contributed by atoms with E-state index in [1.165, 1.54) is 0 Å². The number of hydrogen-bond acceptors (Lipinski definition) is 2. The summed E-state index contributed by atoms with van der Waals surface area (Å²) < 4.78 is 0. The standard InChI is InChI=1S/C17H23ClN2O/c1-17(2,3)14-9-13(10-15(18)20-14)16(21)19-11-12-7-5-4-6-8-12/h4-5,9-10,12H,6-8,11H2,1-3H3,(H,19,21). The van der Waals surface area contributed by atoms with E-state index in [1.807, 2.05) is 6.07 Å². The molecular formula is C17H23ClN2O. The van der Waals surface area contributed by atoms with Gasteiger partial charge in [-0.1, -0.05) is 44.5 Å². The molecule has 0 aliphatic heterocycles. The smallest absolute Gasteiger partial charge is 0.251 e. The van der Waals surface area contributed by atoms with Gasteiger partial charge >= 0.3 is 0 Å². The zero-order chi connectivity index (χ0) is 15.5. The van der Waals surface area contributed by atoms with E-state index in [0.29, 0.717) is 23.2 Å². The summed E-state index contributed by atoms with van der Waals surface area (Å²) in [5, 5.41) is 3.38. The van der Waals surface area contributed by atoms with Gasteiger partial charge in [0.25, 0.3) is 5.91 Å². The number of rotatable bonds is 3. The molecule has 0 fully saturated rings. The molecule has 3 nitrogen and oxygen atoms in total. The van der Waals surface area contributed by atoms with Crippen molar-refractivity contribution in [1.82, 2.24) is 10.3 Å². The van der Waals surface area contributed by atoms with Gasteiger partial charge in [0, 0.05) is 23.2 Å². The van der Waals surface area contributed by atoms with E-state index < -0.39 is 0 Å². The number of carbonyl (C=O) groups is 1. The topological polar surface area (TPSA) is 42.0 Å². The lowest BCUT2D eigenvalue weighted by Gasteiger charge is -2.20. The highest BCUT2D eigenvalue weighted by Crippen LogP contribution is 2.23. The van der Waals surface area contributed by atoms with Crippen LogP contribution in [0.4, 0.5) is 0 Å². The van der Waals surface area contributed by atoms with Crippen molar-refractivity contribution in [3.05, 3.63) is 40.7 Å². The molecule has 1 aromatic rings. The van der Waals surface area contributed by atoms with Gasteiger partial charge in [-0.2, -0.15) is 0 Å². The van der Waals surface area contributed by atoms with Crippen LogP contribution in [-0.4, -0.2) is 17.4 Å². The SMILES string of the molecule is CC(C)(C)c1cc(C(=O)NCC2CC=CCC2)cc(Cl)n1. The van der Waals surface area contributed by atoms with Crippen molar-refractivity contribution in [2.75, 3.05) is 6.54 Å². The molecule has 0 saturated carbocycles. The molecule has 0 aromatic carbocycles. The molecule has 114 valence electrons. The highest BCUT2D eigenvalue weighted by Gasteiger charge is 2.19. The Morgan fingerprint density at radius 2 is 2.14 bits per heavy atom. The Labute approximate surface area is 131 Å². The van der Waals surface area contributed by atoms with E-state index in [2.05, 4.69) is 43.2 Å². The minimum atomic E-state index is -0.131. The van der Waals surface area contributed by atoms with Gasteiger partial charge in [-0.3, -0.25) is 4.79 Å². The maximum Gasteiger partial charge on any atom is 0.251 e. The second-order valence-corrected chi connectivity index (χ2v) is 7.06. The normalized spacial score (nSPS) is 18.6. The Morgan fingerprint density at radius 3 is 2.76 bits per heavy atom. The summed E-state index contributed by atoms with van der Waals surface area (Å²) in [5.74, 6) is 0.470. The largest absolute Gasteiger partial charge is 0.352 e. The lowest BCUT2D eigenvalue weighted by molar-refractivity contribution is 0.0946. The average molecular weight is 307 g/mol. The summed E-state index contributed by atoms with van der Waals surface area (Å²) in [5.41, 5.74) is 1.29. The van der Waals surface area contributed by atoms with Gasteiger partial charge in [-0.15, -0.1) is 0 Å². The van der Waals surface area contributed by atoms with Crippen LogP contribution in [0.5, 0.6) is 0 Å². The summed E-state index contributed by atoms with van der Waals surface area (Å²) in [6, 6.07) is 3.47. The molecule has 0 spiro atoms. The summed E-state index contributed by atoms with van der Waals surface area (Å²) in [6.07, 6.45) is 7.69. The van der Waals surface area contributed by atoms with Crippen LogP contribution in [0.15, 0.2) is 24.3 Å². The first kappa shape index (κ1) is 16.0. The van der Waals surface area contributed by atoms with Gasteiger partial charge in [-0.05, 0) is 37.3 Å². The van der Waals surface area contributed by atoms with E-state index in [-0.39, 0.29) is 11.3 Å². The van der Waals surface area contributed by atoms with Crippen LogP contribution in [0.3, 0.4) is 0 Å². The zero-order valence-electron chi connectivity index (χ0n) is 12.9. The fourth-order valence-corrected chi connectivity index (χ4v) is 2.60. The van der Waals surface area contributed by atoms with E-state index in [4.69, 9.17) is 11.6 Å². The second kappa shape index (κ2) is 6.61. The van der Waals surface area contributed by atoms with E-state index >= 15 is 0 Å². The fourth-order valence-electron chi connectivity index (χ4n) is 2.39. The van der Waals surface area contributed by atoms with Crippen LogP contribution in [-0.2, 0) is 5.41 Å². The van der Waals surface area contributed by atoms with Crippen molar-refractivity contribution in [3.63, 3.8) is 0 Å². The summed E-state index contributed by atoms with van der Waals surface area (Å²) in [4.78, 5) is 16.6. The third-order valence-electron chi connectivity index (χ3n) is 3.75. The Bertz CT molecular complexity index is 546. The van der Waals surface area contributed by atoms with Crippen molar-refractivity contribution in [1.29, 1.82) is 0 Å². The first-order chi connectivity index (χ1) is 9.86. The van der Waals surface area contributed by atoms with Gasteiger partial charge in [0.05, 0.1) is 0 Å². The average Bonchev–Trinajstić information content (AvgIpc) is 2.44.